The van der Waals surface area contributed by atoms with Crippen LogP contribution in [0.4, 0.5) is 0 Å². The molecule has 25 heavy (non-hydrogen) atoms. The lowest BCUT2D eigenvalue weighted by Crippen LogP contribution is -2.37. The van der Waals surface area contributed by atoms with Crippen LogP contribution in [0.5, 0.6) is 11.5 Å². The van der Waals surface area contributed by atoms with Gasteiger partial charge in [-0.2, -0.15) is 0 Å². The maximum atomic E-state index is 12.6. The molecule has 2 aliphatic rings. The molecule has 3 heterocycles. The number of carbonyl (C=O) groups is 1. The molecule has 0 radical (unpaired) electrons. The fourth-order valence-electron chi connectivity index (χ4n) is 3.26. The maximum absolute atomic E-state index is 12.6. The number of aromatic nitrogens is 1. The molecule has 1 amide bonds. The Balaban J connectivity index is 1.60. The molecule has 2 aromatic rings. The Hall–Kier alpha value is -2.50. The molecule has 0 saturated heterocycles. The zero-order valence-electron chi connectivity index (χ0n) is 14.8. The number of fused-ring (bicyclic) bond motifs is 2. The largest absolute Gasteiger partial charge is 0.454 e. The van der Waals surface area contributed by atoms with Crippen LogP contribution in [-0.4, -0.2) is 29.3 Å². The highest BCUT2D eigenvalue weighted by molar-refractivity contribution is 5.78. The molecule has 132 valence electrons. The molecule has 2 aliphatic heterocycles. The third kappa shape index (κ3) is 3.08. The Morgan fingerprint density at radius 2 is 2.04 bits per heavy atom. The summed E-state index contributed by atoms with van der Waals surface area (Å²) in [6, 6.07) is 5.74. The van der Waals surface area contributed by atoms with Crippen LogP contribution in [0.3, 0.4) is 0 Å². The van der Waals surface area contributed by atoms with Crippen LogP contribution in [-0.2, 0) is 17.8 Å². The summed E-state index contributed by atoms with van der Waals surface area (Å²) in [6.07, 6.45) is 1.23. The van der Waals surface area contributed by atoms with Crippen LogP contribution in [0.25, 0.3) is 11.3 Å². The van der Waals surface area contributed by atoms with E-state index in [4.69, 9.17) is 14.0 Å². The van der Waals surface area contributed by atoms with Crippen molar-refractivity contribution in [1.29, 1.82) is 0 Å². The number of benzene rings is 1. The molecule has 6 nitrogen and oxygen atoms in total. The van der Waals surface area contributed by atoms with Gasteiger partial charge in [-0.3, -0.25) is 4.79 Å². The smallest absolute Gasteiger partial charge is 0.231 e. The van der Waals surface area contributed by atoms with Gasteiger partial charge in [0.1, 0.15) is 11.5 Å². The van der Waals surface area contributed by atoms with Gasteiger partial charge in [-0.25, -0.2) is 0 Å². The topological polar surface area (TPSA) is 64.8 Å². The van der Waals surface area contributed by atoms with Crippen molar-refractivity contribution in [3.8, 4) is 22.8 Å². The van der Waals surface area contributed by atoms with Gasteiger partial charge in [0.2, 0.25) is 12.7 Å². The Kier molecular flexibility index (Phi) is 3.71. The molecule has 0 fully saturated rings. The SMILES string of the molecule is CC(C)(C)CC(=O)N1CCc2onc(-c3ccc4c(c3)OCO4)c2C1. The first-order valence-electron chi connectivity index (χ1n) is 8.56. The lowest BCUT2D eigenvalue weighted by Gasteiger charge is -2.29. The van der Waals surface area contributed by atoms with Crippen molar-refractivity contribution >= 4 is 5.91 Å². The zero-order valence-corrected chi connectivity index (χ0v) is 14.8. The van der Waals surface area contributed by atoms with Gasteiger partial charge in [-0.15, -0.1) is 0 Å². The van der Waals surface area contributed by atoms with Gasteiger partial charge in [0.15, 0.2) is 11.5 Å². The molecule has 0 saturated carbocycles. The first-order valence-corrected chi connectivity index (χ1v) is 8.56. The van der Waals surface area contributed by atoms with Crippen molar-refractivity contribution in [3.05, 3.63) is 29.5 Å². The van der Waals surface area contributed by atoms with Crippen molar-refractivity contribution in [3.63, 3.8) is 0 Å². The number of nitrogens with zero attached hydrogens (tertiary/aromatic N) is 2. The van der Waals surface area contributed by atoms with Gasteiger partial charge >= 0.3 is 0 Å². The first kappa shape index (κ1) is 16.0. The van der Waals surface area contributed by atoms with Crippen molar-refractivity contribution in [2.24, 2.45) is 5.41 Å². The summed E-state index contributed by atoms with van der Waals surface area (Å²) in [7, 11) is 0. The van der Waals surface area contributed by atoms with E-state index in [2.05, 4.69) is 25.9 Å². The van der Waals surface area contributed by atoms with Gasteiger partial charge in [0.05, 0.1) is 6.54 Å². The summed E-state index contributed by atoms with van der Waals surface area (Å²) in [5, 5.41) is 4.25. The maximum Gasteiger partial charge on any atom is 0.231 e. The Morgan fingerprint density at radius 3 is 2.84 bits per heavy atom. The van der Waals surface area contributed by atoms with E-state index in [1.54, 1.807) is 0 Å². The molecular weight excluding hydrogens is 320 g/mol. The molecule has 1 aromatic heterocycles. The summed E-state index contributed by atoms with van der Waals surface area (Å²) in [5.74, 6) is 2.50. The average Bonchev–Trinajstić information content (AvgIpc) is 3.18. The molecule has 0 spiro atoms. The van der Waals surface area contributed by atoms with Crippen molar-refractivity contribution in [1.82, 2.24) is 10.1 Å². The summed E-state index contributed by atoms with van der Waals surface area (Å²) >= 11 is 0. The Bertz CT molecular complexity index is 819. The molecule has 0 unspecified atom stereocenters. The molecule has 0 aliphatic carbocycles. The second kappa shape index (κ2) is 5.79. The molecule has 4 rings (SSSR count). The molecular formula is C19H22N2O4. The molecule has 6 heteroatoms. The fraction of sp³-hybridized carbons (Fsp3) is 0.474. The van der Waals surface area contributed by atoms with E-state index >= 15 is 0 Å². The standard InChI is InChI=1S/C19H22N2O4/c1-19(2,3)9-17(22)21-7-6-14-13(10-21)18(20-25-14)12-4-5-15-16(8-12)24-11-23-15/h4-5,8H,6-7,9-11H2,1-3H3. The molecule has 0 bridgehead atoms. The van der Waals surface area contributed by atoms with Crippen LogP contribution in [0, 0.1) is 5.41 Å². The van der Waals surface area contributed by atoms with E-state index in [0.29, 0.717) is 31.7 Å². The summed E-state index contributed by atoms with van der Waals surface area (Å²) in [6.45, 7) is 7.70. The second-order valence-electron chi connectivity index (χ2n) is 7.80. The lowest BCUT2D eigenvalue weighted by atomic mass is 9.91. The van der Waals surface area contributed by atoms with Crippen LogP contribution in [0.2, 0.25) is 0 Å². The summed E-state index contributed by atoms with van der Waals surface area (Å²) in [4.78, 5) is 14.5. The highest BCUT2D eigenvalue weighted by Crippen LogP contribution is 2.38. The highest BCUT2D eigenvalue weighted by atomic mass is 16.7. The minimum Gasteiger partial charge on any atom is -0.454 e. The van der Waals surface area contributed by atoms with E-state index in [-0.39, 0.29) is 18.1 Å². The number of rotatable bonds is 2. The predicted octanol–water partition coefficient (Wildman–Crippen LogP) is 3.39. The fourth-order valence-corrected chi connectivity index (χ4v) is 3.26. The zero-order chi connectivity index (χ0) is 17.6. The first-order chi connectivity index (χ1) is 11.9. The number of amides is 1. The van der Waals surface area contributed by atoms with Gasteiger partial charge in [-0.05, 0) is 23.6 Å². The van der Waals surface area contributed by atoms with Crippen LogP contribution in [0.1, 0.15) is 38.5 Å². The van der Waals surface area contributed by atoms with Crippen LogP contribution < -0.4 is 9.47 Å². The van der Waals surface area contributed by atoms with Crippen LogP contribution >= 0.6 is 0 Å². The number of hydrogen-bond donors (Lipinski definition) is 0. The number of ether oxygens (including phenoxy) is 2. The number of carbonyl (C=O) groups excluding carboxylic acids is 1. The van der Waals surface area contributed by atoms with Crippen molar-refractivity contribution in [2.45, 2.75) is 40.2 Å². The van der Waals surface area contributed by atoms with Crippen molar-refractivity contribution < 1.29 is 18.8 Å². The summed E-state index contributed by atoms with van der Waals surface area (Å²) < 4.78 is 16.3. The summed E-state index contributed by atoms with van der Waals surface area (Å²) in [5.41, 5.74) is 2.67. The minimum absolute atomic E-state index is 0.0217. The molecule has 0 N–H and O–H groups in total. The highest BCUT2D eigenvalue weighted by Gasteiger charge is 2.29. The van der Waals surface area contributed by atoms with Gasteiger partial charge in [-0.1, -0.05) is 25.9 Å². The monoisotopic (exact) mass is 342 g/mol. The average molecular weight is 342 g/mol. The molecule has 0 atom stereocenters. The third-order valence-corrected chi connectivity index (χ3v) is 4.51. The van der Waals surface area contributed by atoms with E-state index in [1.165, 1.54) is 0 Å². The van der Waals surface area contributed by atoms with E-state index < -0.39 is 0 Å². The third-order valence-electron chi connectivity index (χ3n) is 4.51. The van der Waals surface area contributed by atoms with E-state index in [1.807, 2.05) is 23.1 Å². The number of hydrogen-bond acceptors (Lipinski definition) is 5. The quantitative estimate of drug-likeness (QED) is 0.837. The normalized spacial score (nSPS) is 16.0. The molecule has 1 aromatic carbocycles. The van der Waals surface area contributed by atoms with E-state index in [0.717, 1.165) is 28.3 Å². The van der Waals surface area contributed by atoms with E-state index in [9.17, 15) is 4.79 Å². The Morgan fingerprint density at radius 1 is 1.24 bits per heavy atom. The van der Waals surface area contributed by atoms with Crippen LogP contribution in [0.15, 0.2) is 22.7 Å². The van der Waals surface area contributed by atoms with Gasteiger partial charge in [0.25, 0.3) is 0 Å². The second-order valence-corrected chi connectivity index (χ2v) is 7.80. The van der Waals surface area contributed by atoms with Crippen molar-refractivity contribution in [2.75, 3.05) is 13.3 Å². The van der Waals surface area contributed by atoms with Gasteiger partial charge < -0.3 is 18.9 Å². The lowest BCUT2D eigenvalue weighted by molar-refractivity contribution is -0.134. The Labute approximate surface area is 146 Å². The van der Waals surface area contributed by atoms with Gasteiger partial charge in [0, 0.05) is 30.5 Å². The predicted molar refractivity (Wildman–Crippen MR) is 91.3 cm³/mol. The minimum atomic E-state index is -0.0217.